The smallest absolute Gasteiger partial charge is 0.330 e. The van der Waals surface area contributed by atoms with Crippen molar-refractivity contribution in [3.05, 3.63) is 50.6 Å². The maximum Gasteiger partial charge on any atom is 0.330 e. The number of alkyl halides is 12. The molecule has 8 atom stereocenters. The predicted molar refractivity (Wildman–Crippen MR) is 148 cm³/mol. The second-order valence-electron chi connectivity index (χ2n) is 12.0. The van der Waals surface area contributed by atoms with E-state index in [1.54, 1.807) is 0 Å². The Morgan fingerprint density at radius 1 is 0.566 bits per heavy atom. The van der Waals surface area contributed by atoms with Crippen molar-refractivity contribution in [2.24, 2.45) is 0 Å². The van der Waals surface area contributed by atoms with Gasteiger partial charge in [0.25, 0.3) is 11.3 Å². The third-order valence-electron chi connectivity index (χ3n) is 9.67. The minimum absolute atomic E-state index is 0.344. The van der Waals surface area contributed by atoms with Crippen LogP contribution in [0.5, 0.6) is 0 Å². The molecule has 0 aromatic carbocycles. The summed E-state index contributed by atoms with van der Waals surface area (Å²) in [6, 6.07) is 0. The first-order valence-corrected chi connectivity index (χ1v) is 14.7. The first kappa shape index (κ1) is 41.6. The third-order valence-corrected chi connectivity index (χ3v) is 9.67. The summed E-state index contributed by atoms with van der Waals surface area (Å²) >= 11 is 0. The van der Waals surface area contributed by atoms with E-state index in [2.05, 4.69) is 54.7 Å². The molecular weight excluding hydrogens is 762 g/mol. The highest BCUT2D eigenvalue weighted by molar-refractivity contribution is 5.82. The summed E-state index contributed by atoms with van der Waals surface area (Å²) in [7, 11) is 0. The van der Waals surface area contributed by atoms with Gasteiger partial charge in [0.05, 0.1) is 13.2 Å². The lowest BCUT2D eigenvalue weighted by molar-refractivity contribution is -0.508. The Labute approximate surface area is 289 Å². The van der Waals surface area contributed by atoms with Crippen LogP contribution >= 0.6 is 0 Å². The minimum atomic E-state index is -6.96. The van der Waals surface area contributed by atoms with Crippen LogP contribution in [0.1, 0.15) is 0 Å². The molecule has 1 saturated heterocycles. The summed E-state index contributed by atoms with van der Waals surface area (Å²) in [6.07, 6.45) is -2.96. The summed E-state index contributed by atoms with van der Waals surface area (Å²) in [5.74, 6) is -32.8. The third kappa shape index (κ3) is 4.37. The highest BCUT2D eigenvalue weighted by Gasteiger charge is 3.24. The lowest BCUT2D eigenvalue weighted by Crippen LogP contribution is -3.06. The van der Waals surface area contributed by atoms with Crippen LogP contribution in [0, 0.1) is 0 Å². The first-order valence-electron chi connectivity index (χ1n) is 14.7. The summed E-state index contributed by atoms with van der Waals surface area (Å²) in [6.45, 7) is -0.694. The number of nitrogens with one attached hydrogen (secondary N) is 1. The van der Waals surface area contributed by atoms with Gasteiger partial charge in [-0.2, -0.15) is 35.1 Å². The van der Waals surface area contributed by atoms with E-state index < -0.39 is 133 Å². The zero-order chi connectivity index (χ0) is 40.5. The Hall–Kier alpha value is -4.12. The molecule has 11 nitrogen and oxygen atoms in total. The number of rotatable bonds is 17. The molecule has 8 unspecified atom stereocenters. The van der Waals surface area contributed by atoms with E-state index in [1.807, 2.05) is 0 Å². The molecule has 1 spiro atoms. The van der Waals surface area contributed by atoms with Gasteiger partial charge in [0, 0.05) is 30.8 Å². The summed E-state index contributed by atoms with van der Waals surface area (Å²) < 4.78 is 223. The highest BCUT2D eigenvalue weighted by Crippen LogP contribution is 2.91. The minimum Gasteiger partial charge on any atom is -0.458 e. The topological polar surface area (TPSA) is 136 Å². The second kappa shape index (κ2) is 12.7. The van der Waals surface area contributed by atoms with Crippen molar-refractivity contribution < 1.29 is 100 Å². The van der Waals surface area contributed by atoms with E-state index in [1.165, 1.54) is 0 Å². The van der Waals surface area contributed by atoms with Crippen LogP contribution in [0.4, 0.5) is 52.7 Å². The fourth-order valence-electron chi connectivity index (χ4n) is 7.34. The first-order chi connectivity index (χ1) is 24.3. The van der Waals surface area contributed by atoms with Crippen molar-refractivity contribution in [3.8, 4) is 0 Å². The average molecular weight is 790 g/mol. The predicted octanol–water partition coefficient (Wildman–Crippen LogP) is 3.17. The molecule has 1 N–H and O–H groups in total. The number of piperidine rings is 1. The van der Waals surface area contributed by atoms with Crippen LogP contribution in [0.25, 0.3) is 0 Å². The Balaban J connectivity index is 1.89. The zero-order valence-corrected chi connectivity index (χ0v) is 26.7. The molecule has 0 radical (unpaired) electrons. The van der Waals surface area contributed by atoms with Gasteiger partial charge < -0.3 is 28.4 Å². The normalized spacial score (nSPS) is 37.1. The van der Waals surface area contributed by atoms with E-state index in [0.29, 0.717) is 24.3 Å². The van der Waals surface area contributed by atoms with Gasteiger partial charge in [0.15, 0.2) is 23.3 Å². The molecule has 1 heterocycles. The Kier molecular flexibility index (Phi) is 10.0. The van der Waals surface area contributed by atoms with Gasteiger partial charge in [0.1, 0.15) is 19.9 Å². The van der Waals surface area contributed by atoms with Crippen molar-refractivity contribution in [1.29, 1.82) is 0 Å². The standard InChI is InChI=1S/C30H27F12NO10/c1-5-17(44)48-9-15(52-19(46)7-3)11-50-21(13-31)27(35,36)24(33)26-23(32,30(41,42)25(26,34)28(21,37)38)22(14-43-26,29(24,39)40)51-12-16(53-20(47)8-4)10-49-18(45)6-2/h5-8,15-16,43H,1-4,9-14H2. The Morgan fingerprint density at radius 2 is 0.962 bits per heavy atom. The monoisotopic (exact) mass is 789 g/mol. The van der Waals surface area contributed by atoms with Crippen molar-refractivity contribution in [3.63, 3.8) is 0 Å². The Bertz CT molecular complexity index is 1610. The van der Waals surface area contributed by atoms with Crippen molar-refractivity contribution in [1.82, 2.24) is 5.32 Å². The molecule has 53 heavy (non-hydrogen) atoms. The van der Waals surface area contributed by atoms with Crippen molar-refractivity contribution in [2.45, 2.75) is 69.6 Å². The lowest BCUT2D eigenvalue weighted by Gasteiger charge is -2.72. The Morgan fingerprint density at radius 3 is 1.36 bits per heavy atom. The molecule has 4 rings (SSSR count). The van der Waals surface area contributed by atoms with Gasteiger partial charge in [-0.05, 0) is 0 Å². The molecule has 0 amide bonds. The molecule has 3 saturated carbocycles. The molecule has 23 heteroatoms. The number of carbonyl (C=O) groups is 4. The SMILES string of the molecule is C=CC(=O)OCC(COC1(CF)C(F)(F)C2(F)C(F)(F)C3(OCC(COC(=O)C=C)OC(=O)C=C)CNC24C(F)(C1(F)F)C(F)(F)C34F)OC(=O)C=C. The maximum atomic E-state index is 17.2. The van der Waals surface area contributed by atoms with E-state index in [-0.39, 0.29) is 0 Å². The molecule has 2 bridgehead atoms. The molecule has 4 fully saturated rings. The van der Waals surface area contributed by atoms with Crippen molar-refractivity contribution in [2.75, 3.05) is 39.6 Å². The van der Waals surface area contributed by atoms with Gasteiger partial charge in [-0.15, -0.1) is 0 Å². The lowest BCUT2D eigenvalue weighted by atomic mass is 9.40. The zero-order valence-electron chi connectivity index (χ0n) is 26.7. The molecule has 4 aliphatic rings. The molecule has 296 valence electrons. The summed E-state index contributed by atoms with van der Waals surface area (Å²) in [5, 5.41) is 0.973. The molecular formula is C30H27F12NO10. The van der Waals surface area contributed by atoms with Gasteiger partial charge in [0.2, 0.25) is 11.3 Å². The van der Waals surface area contributed by atoms with Gasteiger partial charge in [-0.25, -0.2) is 36.7 Å². The van der Waals surface area contributed by atoms with Crippen LogP contribution in [0.2, 0.25) is 0 Å². The van der Waals surface area contributed by atoms with Crippen LogP contribution in [0.3, 0.4) is 0 Å². The molecule has 1 aliphatic heterocycles. The quantitative estimate of drug-likeness (QED) is 0.101. The summed E-state index contributed by atoms with van der Waals surface area (Å²) in [5.41, 5.74) is -35.9. The number of ether oxygens (including phenoxy) is 6. The van der Waals surface area contributed by atoms with Crippen LogP contribution in [-0.2, 0) is 47.6 Å². The largest absolute Gasteiger partial charge is 0.458 e. The van der Waals surface area contributed by atoms with Crippen molar-refractivity contribution >= 4 is 23.9 Å². The number of hydrogen-bond acceptors (Lipinski definition) is 11. The van der Waals surface area contributed by atoms with Gasteiger partial charge in [-0.3, -0.25) is 5.32 Å². The van der Waals surface area contributed by atoms with Crippen LogP contribution in [-0.4, -0.2) is 133 Å². The highest BCUT2D eigenvalue weighted by atomic mass is 19.3. The average Bonchev–Trinajstić information content (AvgIpc) is 3.43. The van der Waals surface area contributed by atoms with E-state index >= 15 is 48.3 Å². The maximum absolute atomic E-state index is 17.2. The van der Waals surface area contributed by atoms with E-state index in [9.17, 15) is 23.6 Å². The number of halogens is 12. The fraction of sp³-hybridized carbons (Fsp3) is 0.600. The molecule has 3 aliphatic carbocycles. The van der Waals surface area contributed by atoms with Crippen LogP contribution < -0.4 is 5.32 Å². The molecule has 0 aromatic heterocycles. The number of carbonyl (C=O) groups excluding carboxylic acids is 4. The summed E-state index contributed by atoms with van der Waals surface area (Å²) in [4.78, 5) is 46.5. The van der Waals surface area contributed by atoms with E-state index in [4.69, 9.17) is 0 Å². The van der Waals surface area contributed by atoms with Gasteiger partial charge >= 0.3 is 47.6 Å². The van der Waals surface area contributed by atoms with Gasteiger partial charge in [-0.1, -0.05) is 26.3 Å². The molecule has 0 aromatic rings. The fourth-order valence-corrected chi connectivity index (χ4v) is 7.34. The van der Waals surface area contributed by atoms with E-state index in [0.717, 1.165) is 5.32 Å². The number of hydrogen-bond donors (Lipinski definition) is 1. The second-order valence-corrected chi connectivity index (χ2v) is 12.0. The number of esters is 4. The van der Waals surface area contributed by atoms with Crippen LogP contribution in [0.15, 0.2) is 50.6 Å².